The molecule has 0 saturated heterocycles. The van der Waals surface area contributed by atoms with Crippen molar-refractivity contribution in [2.24, 2.45) is 0 Å². The van der Waals surface area contributed by atoms with E-state index in [9.17, 15) is 4.79 Å². The first-order chi connectivity index (χ1) is 6.65. The van der Waals surface area contributed by atoms with Crippen LogP contribution in [0.2, 0.25) is 0 Å². The van der Waals surface area contributed by atoms with E-state index < -0.39 is 6.10 Å². The summed E-state index contributed by atoms with van der Waals surface area (Å²) >= 11 is 0. The zero-order valence-corrected chi connectivity index (χ0v) is 9.18. The molecule has 1 N–H and O–H groups in total. The van der Waals surface area contributed by atoms with E-state index in [4.69, 9.17) is 5.11 Å². The second-order valence-corrected chi connectivity index (χ2v) is 4.12. The summed E-state index contributed by atoms with van der Waals surface area (Å²) < 4.78 is 0. The summed E-state index contributed by atoms with van der Waals surface area (Å²) in [6.07, 6.45) is 5.13. The monoisotopic (exact) mass is 196 g/mol. The third-order valence-electron chi connectivity index (χ3n) is 2.83. The van der Waals surface area contributed by atoms with E-state index in [1.165, 1.54) is 12.0 Å². The normalized spacial score (nSPS) is 19.6. The number of rotatable bonds is 4. The highest BCUT2D eigenvalue weighted by Crippen LogP contribution is 2.28. The van der Waals surface area contributed by atoms with E-state index in [-0.39, 0.29) is 5.78 Å². The van der Waals surface area contributed by atoms with E-state index in [0.29, 0.717) is 6.42 Å². The van der Waals surface area contributed by atoms with Gasteiger partial charge in [0.15, 0.2) is 5.78 Å². The minimum absolute atomic E-state index is 0.163. The topological polar surface area (TPSA) is 37.3 Å². The van der Waals surface area contributed by atoms with Crippen LogP contribution in [-0.2, 0) is 4.79 Å². The van der Waals surface area contributed by atoms with E-state index in [0.717, 1.165) is 31.3 Å². The van der Waals surface area contributed by atoms with Crippen LogP contribution in [0.3, 0.4) is 0 Å². The SMILES string of the molecule is CCC1=C(C(=O)CC(C)O)CCCC1. The number of allylic oxidation sites excluding steroid dienone is 2. The molecule has 0 saturated carbocycles. The summed E-state index contributed by atoms with van der Waals surface area (Å²) in [5.74, 6) is 0.163. The maximum absolute atomic E-state index is 11.8. The number of carbonyl (C=O) groups excluding carboxylic acids is 1. The third-order valence-corrected chi connectivity index (χ3v) is 2.83. The summed E-state index contributed by atoms with van der Waals surface area (Å²) in [5, 5.41) is 9.17. The van der Waals surface area contributed by atoms with E-state index in [1.807, 2.05) is 0 Å². The summed E-state index contributed by atoms with van der Waals surface area (Å²) in [6, 6.07) is 0. The van der Waals surface area contributed by atoms with Crippen molar-refractivity contribution >= 4 is 5.78 Å². The average molecular weight is 196 g/mol. The Morgan fingerprint density at radius 3 is 2.64 bits per heavy atom. The van der Waals surface area contributed by atoms with Gasteiger partial charge in [-0.25, -0.2) is 0 Å². The van der Waals surface area contributed by atoms with Gasteiger partial charge in [0.2, 0.25) is 0 Å². The van der Waals surface area contributed by atoms with Gasteiger partial charge in [-0.3, -0.25) is 4.79 Å². The molecule has 14 heavy (non-hydrogen) atoms. The van der Waals surface area contributed by atoms with Crippen molar-refractivity contribution in [3.63, 3.8) is 0 Å². The fourth-order valence-corrected chi connectivity index (χ4v) is 2.09. The van der Waals surface area contributed by atoms with Crippen molar-refractivity contribution in [2.75, 3.05) is 0 Å². The van der Waals surface area contributed by atoms with Gasteiger partial charge in [-0.1, -0.05) is 12.5 Å². The maximum Gasteiger partial charge on any atom is 0.161 e. The Balaban J connectivity index is 2.71. The Labute approximate surface area is 86.0 Å². The standard InChI is InChI=1S/C12H20O2/c1-3-10-6-4-5-7-11(10)12(14)8-9(2)13/h9,13H,3-8H2,1-2H3. The molecule has 0 spiro atoms. The molecular weight excluding hydrogens is 176 g/mol. The van der Waals surface area contributed by atoms with Gasteiger partial charge in [-0.05, 0) is 44.6 Å². The Morgan fingerprint density at radius 1 is 1.43 bits per heavy atom. The van der Waals surface area contributed by atoms with Gasteiger partial charge in [0.1, 0.15) is 0 Å². The van der Waals surface area contributed by atoms with Crippen molar-refractivity contribution in [2.45, 2.75) is 58.5 Å². The lowest BCUT2D eigenvalue weighted by Gasteiger charge is -2.19. The molecule has 0 bridgehead atoms. The van der Waals surface area contributed by atoms with Crippen molar-refractivity contribution in [3.8, 4) is 0 Å². The molecule has 1 aliphatic carbocycles. The molecule has 0 radical (unpaired) electrons. The molecule has 1 atom stereocenters. The lowest BCUT2D eigenvalue weighted by Crippen LogP contribution is -2.15. The largest absolute Gasteiger partial charge is 0.393 e. The summed E-state index contributed by atoms with van der Waals surface area (Å²) in [6.45, 7) is 3.78. The minimum atomic E-state index is -0.505. The van der Waals surface area contributed by atoms with E-state index >= 15 is 0 Å². The number of ketones is 1. The first-order valence-corrected chi connectivity index (χ1v) is 5.57. The molecule has 2 heteroatoms. The second kappa shape index (κ2) is 5.30. The Kier molecular flexibility index (Phi) is 4.33. The number of hydrogen-bond donors (Lipinski definition) is 1. The van der Waals surface area contributed by atoms with Crippen LogP contribution in [0, 0.1) is 0 Å². The minimum Gasteiger partial charge on any atom is -0.393 e. The van der Waals surface area contributed by atoms with Gasteiger partial charge in [-0.2, -0.15) is 0 Å². The number of Topliss-reactive ketones (excluding diaryl/α,β-unsaturated/α-hetero) is 1. The fraction of sp³-hybridized carbons (Fsp3) is 0.750. The van der Waals surface area contributed by atoms with Crippen LogP contribution in [0.4, 0.5) is 0 Å². The van der Waals surface area contributed by atoms with Crippen LogP contribution in [0.25, 0.3) is 0 Å². The predicted octanol–water partition coefficient (Wildman–Crippen LogP) is 2.61. The van der Waals surface area contributed by atoms with Crippen molar-refractivity contribution in [1.29, 1.82) is 0 Å². The Morgan fingerprint density at radius 2 is 2.07 bits per heavy atom. The molecule has 1 aliphatic rings. The van der Waals surface area contributed by atoms with Crippen LogP contribution in [0.5, 0.6) is 0 Å². The molecule has 80 valence electrons. The lowest BCUT2D eigenvalue weighted by atomic mass is 9.86. The first-order valence-electron chi connectivity index (χ1n) is 5.57. The molecule has 0 aromatic rings. The molecule has 0 amide bonds. The molecule has 0 aliphatic heterocycles. The zero-order chi connectivity index (χ0) is 10.6. The Bertz CT molecular complexity index is 239. The molecule has 0 fully saturated rings. The molecule has 1 unspecified atom stereocenters. The highest BCUT2D eigenvalue weighted by atomic mass is 16.3. The number of aliphatic hydroxyl groups excluding tert-OH is 1. The summed E-state index contributed by atoms with van der Waals surface area (Å²) in [7, 11) is 0. The van der Waals surface area contributed by atoms with E-state index in [2.05, 4.69) is 6.92 Å². The smallest absolute Gasteiger partial charge is 0.161 e. The van der Waals surface area contributed by atoms with E-state index in [1.54, 1.807) is 6.92 Å². The van der Waals surface area contributed by atoms with Crippen molar-refractivity contribution in [1.82, 2.24) is 0 Å². The lowest BCUT2D eigenvalue weighted by molar-refractivity contribution is -0.117. The van der Waals surface area contributed by atoms with Gasteiger partial charge in [0.05, 0.1) is 6.10 Å². The summed E-state index contributed by atoms with van der Waals surface area (Å²) in [4.78, 5) is 11.8. The predicted molar refractivity (Wildman–Crippen MR) is 57.1 cm³/mol. The average Bonchev–Trinajstić information content (AvgIpc) is 2.16. The molecule has 0 aromatic heterocycles. The van der Waals surface area contributed by atoms with Crippen LogP contribution < -0.4 is 0 Å². The Hall–Kier alpha value is -0.630. The van der Waals surface area contributed by atoms with Crippen LogP contribution in [0.15, 0.2) is 11.1 Å². The van der Waals surface area contributed by atoms with Gasteiger partial charge < -0.3 is 5.11 Å². The number of hydrogen-bond acceptors (Lipinski definition) is 2. The molecule has 2 nitrogen and oxygen atoms in total. The molecular formula is C12H20O2. The third kappa shape index (κ3) is 2.95. The molecule has 0 aromatic carbocycles. The highest BCUT2D eigenvalue weighted by Gasteiger charge is 2.18. The van der Waals surface area contributed by atoms with Crippen molar-refractivity contribution < 1.29 is 9.90 Å². The molecule has 0 heterocycles. The van der Waals surface area contributed by atoms with Crippen LogP contribution in [0.1, 0.15) is 52.4 Å². The fourth-order valence-electron chi connectivity index (χ4n) is 2.09. The van der Waals surface area contributed by atoms with Gasteiger partial charge in [0, 0.05) is 6.42 Å². The highest BCUT2D eigenvalue weighted by molar-refractivity contribution is 5.96. The van der Waals surface area contributed by atoms with Gasteiger partial charge in [-0.15, -0.1) is 0 Å². The zero-order valence-electron chi connectivity index (χ0n) is 9.18. The number of carbonyl (C=O) groups is 1. The van der Waals surface area contributed by atoms with Crippen LogP contribution in [-0.4, -0.2) is 17.0 Å². The van der Waals surface area contributed by atoms with Gasteiger partial charge in [0.25, 0.3) is 0 Å². The van der Waals surface area contributed by atoms with Crippen LogP contribution >= 0.6 is 0 Å². The number of aliphatic hydroxyl groups is 1. The quantitative estimate of drug-likeness (QED) is 0.750. The molecule has 1 rings (SSSR count). The summed E-state index contributed by atoms with van der Waals surface area (Å²) in [5.41, 5.74) is 2.33. The first kappa shape index (κ1) is 11.4. The van der Waals surface area contributed by atoms with Gasteiger partial charge >= 0.3 is 0 Å². The maximum atomic E-state index is 11.8. The van der Waals surface area contributed by atoms with Crippen molar-refractivity contribution in [3.05, 3.63) is 11.1 Å². The second-order valence-electron chi connectivity index (χ2n) is 4.12.